The third-order valence-electron chi connectivity index (χ3n) is 5.40. The van der Waals surface area contributed by atoms with Crippen LogP contribution in [0.2, 0.25) is 0 Å². The minimum Gasteiger partial charge on any atom is -0.491 e. The Balaban J connectivity index is 3.00. The Morgan fingerprint density at radius 3 is 2.29 bits per heavy atom. The Hall–Kier alpha value is -2.06. The van der Waals surface area contributed by atoms with Crippen molar-refractivity contribution < 1.29 is 9.47 Å². The van der Waals surface area contributed by atoms with Crippen LogP contribution < -0.4 is 0 Å². The Bertz CT molecular complexity index is 702. The van der Waals surface area contributed by atoms with Crippen molar-refractivity contribution in [1.29, 1.82) is 0 Å². The number of hydrogen-bond donors (Lipinski definition) is 0. The van der Waals surface area contributed by atoms with Crippen LogP contribution in [0.4, 0.5) is 0 Å². The van der Waals surface area contributed by atoms with Crippen molar-refractivity contribution in [3.8, 4) is 0 Å². The van der Waals surface area contributed by atoms with Gasteiger partial charge in [0.25, 0.3) is 0 Å². The van der Waals surface area contributed by atoms with Crippen LogP contribution in [0.1, 0.15) is 47.0 Å². The topological polar surface area (TPSA) is 18.5 Å². The Morgan fingerprint density at radius 2 is 1.79 bits per heavy atom. The lowest BCUT2D eigenvalue weighted by Gasteiger charge is -2.25. The maximum absolute atomic E-state index is 5.85. The van der Waals surface area contributed by atoms with Gasteiger partial charge in [0.1, 0.15) is 12.4 Å². The average Bonchev–Trinajstić information content (AvgIpc) is 3.03. The van der Waals surface area contributed by atoms with Gasteiger partial charge in [-0.2, -0.15) is 0 Å². The zero-order chi connectivity index (χ0) is 21.3. The van der Waals surface area contributed by atoms with E-state index in [4.69, 9.17) is 9.47 Å². The molecule has 0 heterocycles. The number of rotatable bonds is 12. The Kier molecular flexibility index (Phi) is 9.48. The fourth-order valence-electron chi connectivity index (χ4n) is 3.30. The first kappa shape index (κ1) is 24.0. The zero-order valence-electron chi connectivity index (χ0n) is 18.6. The predicted molar refractivity (Wildman–Crippen MR) is 122 cm³/mol. The van der Waals surface area contributed by atoms with Crippen LogP contribution in [0.3, 0.4) is 0 Å². The lowest BCUT2D eigenvalue weighted by Crippen LogP contribution is -2.13. The molecule has 0 spiro atoms. The highest BCUT2D eigenvalue weighted by atomic mass is 16.5. The lowest BCUT2D eigenvalue weighted by atomic mass is 9.79. The number of methoxy groups -OCH3 is 1. The molecule has 2 atom stereocenters. The first-order valence-electron chi connectivity index (χ1n) is 10.2. The molecule has 0 saturated heterocycles. The normalized spacial score (nSPS) is 22.2. The molecular weight excluding hydrogens is 344 g/mol. The second-order valence-corrected chi connectivity index (χ2v) is 7.82. The standard InChI is InChI=1S/C26H38O2/c1-10-20(4)25(28-15-14-27-9)16-21(5)23(7)24(11-2)17-22(6)26(8)13-12-19(3)18-26/h12-13,16-17,19H,4-7,10-11,14-15,18H2,1-3,8-9H3/b24-17-,25-16+/t19?,26-/m0/s1. The van der Waals surface area contributed by atoms with Crippen LogP contribution >= 0.6 is 0 Å². The summed E-state index contributed by atoms with van der Waals surface area (Å²) in [6, 6.07) is 0. The average molecular weight is 383 g/mol. The lowest BCUT2D eigenvalue weighted by molar-refractivity contribution is 0.112. The van der Waals surface area contributed by atoms with E-state index in [0.717, 1.165) is 52.9 Å². The number of allylic oxidation sites excluding steroid dienone is 9. The van der Waals surface area contributed by atoms with E-state index in [2.05, 4.69) is 72.2 Å². The molecule has 0 saturated carbocycles. The van der Waals surface area contributed by atoms with Gasteiger partial charge in [-0.05, 0) is 59.1 Å². The van der Waals surface area contributed by atoms with Gasteiger partial charge in [-0.1, -0.05) is 72.2 Å². The summed E-state index contributed by atoms with van der Waals surface area (Å²) in [5, 5.41) is 0. The summed E-state index contributed by atoms with van der Waals surface area (Å²) in [5.74, 6) is 1.34. The third kappa shape index (κ3) is 6.53. The van der Waals surface area contributed by atoms with Gasteiger partial charge in [0.2, 0.25) is 0 Å². The van der Waals surface area contributed by atoms with Crippen molar-refractivity contribution in [2.45, 2.75) is 47.0 Å². The summed E-state index contributed by atoms with van der Waals surface area (Å²) in [7, 11) is 1.66. The summed E-state index contributed by atoms with van der Waals surface area (Å²) in [6.07, 6.45) is 11.5. The van der Waals surface area contributed by atoms with Gasteiger partial charge in [0, 0.05) is 12.5 Å². The van der Waals surface area contributed by atoms with Crippen molar-refractivity contribution >= 4 is 0 Å². The molecule has 0 aromatic carbocycles. The van der Waals surface area contributed by atoms with Crippen LogP contribution in [0.5, 0.6) is 0 Å². The summed E-state index contributed by atoms with van der Waals surface area (Å²) in [6.45, 7) is 26.7. The molecule has 1 aliphatic carbocycles. The van der Waals surface area contributed by atoms with Gasteiger partial charge in [-0.15, -0.1) is 0 Å². The van der Waals surface area contributed by atoms with Crippen LogP contribution in [0, 0.1) is 11.3 Å². The molecule has 28 heavy (non-hydrogen) atoms. The van der Waals surface area contributed by atoms with E-state index >= 15 is 0 Å². The number of hydrogen-bond acceptors (Lipinski definition) is 2. The van der Waals surface area contributed by atoms with Gasteiger partial charge in [0.15, 0.2) is 0 Å². The number of ether oxygens (including phenoxy) is 2. The zero-order valence-corrected chi connectivity index (χ0v) is 18.6. The Labute approximate surface area is 172 Å². The molecule has 0 bridgehead atoms. The third-order valence-corrected chi connectivity index (χ3v) is 5.40. The van der Waals surface area contributed by atoms with Crippen molar-refractivity contribution in [3.63, 3.8) is 0 Å². The molecule has 0 radical (unpaired) electrons. The van der Waals surface area contributed by atoms with Crippen molar-refractivity contribution in [2.75, 3.05) is 20.3 Å². The summed E-state index contributed by atoms with van der Waals surface area (Å²) in [4.78, 5) is 0. The van der Waals surface area contributed by atoms with Crippen molar-refractivity contribution in [1.82, 2.24) is 0 Å². The minimum atomic E-state index is 0.0161. The molecule has 0 N–H and O–H groups in total. The smallest absolute Gasteiger partial charge is 0.122 e. The monoisotopic (exact) mass is 382 g/mol. The van der Waals surface area contributed by atoms with Crippen LogP contribution in [0.15, 0.2) is 84.2 Å². The molecule has 0 aromatic rings. The fraction of sp³-hybridized carbons (Fsp3) is 0.462. The van der Waals surface area contributed by atoms with Crippen molar-refractivity contribution in [2.24, 2.45) is 11.3 Å². The van der Waals surface area contributed by atoms with Gasteiger partial charge in [-0.25, -0.2) is 0 Å². The minimum absolute atomic E-state index is 0.0161. The molecule has 2 heteroatoms. The van der Waals surface area contributed by atoms with Gasteiger partial charge >= 0.3 is 0 Å². The van der Waals surface area contributed by atoms with E-state index in [1.165, 1.54) is 0 Å². The highest BCUT2D eigenvalue weighted by molar-refractivity contribution is 5.53. The molecule has 0 fully saturated rings. The van der Waals surface area contributed by atoms with Crippen LogP contribution in [-0.4, -0.2) is 20.3 Å². The Morgan fingerprint density at radius 1 is 1.11 bits per heavy atom. The summed E-state index contributed by atoms with van der Waals surface area (Å²) >= 11 is 0. The molecule has 1 unspecified atom stereocenters. The van der Waals surface area contributed by atoms with E-state index in [9.17, 15) is 0 Å². The van der Waals surface area contributed by atoms with E-state index in [-0.39, 0.29) is 5.41 Å². The van der Waals surface area contributed by atoms with Gasteiger partial charge in [-0.3, -0.25) is 0 Å². The first-order valence-corrected chi connectivity index (χ1v) is 10.2. The largest absolute Gasteiger partial charge is 0.491 e. The summed E-state index contributed by atoms with van der Waals surface area (Å²) in [5.41, 5.74) is 4.98. The van der Waals surface area contributed by atoms with Gasteiger partial charge in [0.05, 0.1) is 6.61 Å². The molecule has 2 nitrogen and oxygen atoms in total. The molecular formula is C26H38O2. The molecule has 154 valence electrons. The van der Waals surface area contributed by atoms with E-state index in [1.807, 2.05) is 6.08 Å². The van der Waals surface area contributed by atoms with E-state index in [0.29, 0.717) is 19.1 Å². The maximum Gasteiger partial charge on any atom is 0.122 e. The second-order valence-electron chi connectivity index (χ2n) is 7.82. The highest BCUT2D eigenvalue weighted by Gasteiger charge is 2.30. The quantitative estimate of drug-likeness (QED) is 0.155. The molecule has 0 aliphatic heterocycles. The predicted octanol–water partition coefficient (Wildman–Crippen LogP) is 7.11. The van der Waals surface area contributed by atoms with E-state index in [1.54, 1.807) is 7.11 Å². The molecule has 1 aliphatic rings. The fourth-order valence-corrected chi connectivity index (χ4v) is 3.30. The highest BCUT2D eigenvalue weighted by Crippen LogP contribution is 2.42. The maximum atomic E-state index is 5.85. The summed E-state index contributed by atoms with van der Waals surface area (Å²) < 4.78 is 10.9. The van der Waals surface area contributed by atoms with Crippen LogP contribution in [-0.2, 0) is 9.47 Å². The first-order chi connectivity index (χ1) is 13.2. The molecule has 1 rings (SSSR count). The molecule has 0 aromatic heterocycles. The van der Waals surface area contributed by atoms with Crippen LogP contribution in [0.25, 0.3) is 0 Å². The molecule has 0 amide bonds. The van der Waals surface area contributed by atoms with Gasteiger partial charge < -0.3 is 9.47 Å². The van der Waals surface area contributed by atoms with Crippen molar-refractivity contribution in [3.05, 3.63) is 84.2 Å². The SMILES string of the molecule is C=C(/C=C(/OCCOC)C(=C)CC)C(=C)/C(=C\C(=C)[C@@]1(C)C=CC(C)C1)CC. The van der Waals surface area contributed by atoms with E-state index < -0.39 is 0 Å². The second kappa shape index (κ2) is 11.1.